The number of rotatable bonds is 4. The number of benzene rings is 2. The first-order chi connectivity index (χ1) is 11.3. The summed E-state index contributed by atoms with van der Waals surface area (Å²) in [5.41, 5.74) is 0.922. The van der Waals surface area contributed by atoms with Gasteiger partial charge in [-0.25, -0.2) is 8.42 Å². The Bertz CT molecular complexity index is 869. The summed E-state index contributed by atoms with van der Waals surface area (Å²) in [4.78, 5) is 14.0. The third-order valence-corrected chi connectivity index (χ3v) is 6.56. The number of carbonyl (C=O) groups is 1. The molecule has 0 aromatic heterocycles. The van der Waals surface area contributed by atoms with E-state index in [1.54, 1.807) is 0 Å². The second kappa shape index (κ2) is 6.61. The van der Waals surface area contributed by atoms with Gasteiger partial charge >= 0.3 is 0 Å². The van der Waals surface area contributed by atoms with E-state index in [9.17, 15) is 13.2 Å². The maximum absolute atomic E-state index is 12.2. The number of hydrogen-bond donors (Lipinski definition) is 1. The highest BCUT2D eigenvalue weighted by Crippen LogP contribution is 2.21. The predicted octanol–water partition coefficient (Wildman–Crippen LogP) is 1.80. The molecule has 0 bridgehead atoms. The van der Waals surface area contributed by atoms with Gasteiger partial charge < -0.3 is 10.2 Å². The normalized spacial score (nSPS) is 22.4. The van der Waals surface area contributed by atoms with Crippen LogP contribution in [0.2, 0.25) is 0 Å². The maximum Gasteiger partial charge on any atom is 0.239 e. The van der Waals surface area contributed by atoms with Crippen LogP contribution < -0.4 is 10.2 Å². The number of nitrogens with zero attached hydrogens (tertiary/aromatic N) is 1. The van der Waals surface area contributed by atoms with Crippen LogP contribution in [-0.2, 0) is 14.6 Å². The summed E-state index contributed by atoms with van der Waals surface area (Å²) in [6.45, 7) is 0.137. The van der Waals surface area contributed by atoms with Crippen LogP contribution in [0, 0.1) is 0 Å². The van der Waals surface area contributed by atoms with E-state index < -0.39 is 21.3 Å². The van der Waals surface area contributed by atoms with Crippen molar-refractivity contribution >= 4 is 43.8 Å². The van der Waals surface area contributed by atoms with Gasteiger partial charge in [-0.15, -0.1) is 11.6 Å². The molecule has 1 amide bonds. The third kappa shape index (κ3) is 3.82. The van der Waals surface area contributed by atoms with Gasteiger partial charge in [-0.3, -0.25) is 4.79 Å². The van der Waals surface area contributed by atoms with Crippen molar-refractivity contribution in [3.8, 4) is 0 Å². The molecule has 24 heavy (non-hydrogen) atoms. The van der Waals surface area contributed by atoms with Gasteiger partial charge in [0.25, 0.3) is 0 Å². The Balaban J connectivity index is 1.65. The molecule has 1 N–H and O–H groups in total. The smallest absolute Gasteiger partial charge is 0.239 e. The lowest BCUT2D eigenvalue weighted by molar-refractivity contribution is -0.120. The van der Waals surface area contributed by atoms with E-state index >= 15 is 0 Å². The maximum atomic E-state index is 12.2. The van der Waals surface area contributed by atoms with Crippen molar-refractivity contribution in [2.45, 2.75) is 11.4 Å². The first-order valence-corrected chi connectivity index (χ1v) is 9.94. The van der Waals surface area contributed by atoms with Crippen molar-refractivity contribution in [1.82, 2.24) is 5.32 Å². The molecule has 1 aliphatic rings. The number of sulfone groups is 1. The molecule has 128 valence electrons. The van der Waals surface area contributed by atoms with Crippen LogP contribution in [0.5, 0.6) is 0 Å². The van der Waals surface area contributed by atoms with Gasteiger partial charge in [-0.1, -0.05) is 30.3 Å². The van der Waals surface area contributed by atoms with Crippen LogP contribution in [0.3, 0.4) is 0 Å². The summed E-state index contributed by atoms with van der Waals surface area (Å²) >= 11 is 6.02. The zero-order valence-corrected chi connectivity index (χ0v) is 14.8. The highest BCUT2D eigenvalue weighted by atomic mass is 35.5. The summed E-state index contributed by atoms with van der Waals surface area (Å²) in [5.74, 6) is -0.412. The quantitative estimate of drug-likeness (QED) is 0.838. The lowest BCUT2D eigenvalue weighted by Crippen LogP contribution is -2.45. The highest BCUT2D eigenvalue weighted by molar-refractivity contribution is 7.91. The van der Waals surface area contributed by atoms with E-state index in [-0.39, 0.29) is 24.0 Å². The van der Waals surface area contributed by atoms with Gasteiger partial charge in [0.2, 0.25) is 5.91 Å². The molecule has 0 radical (unpaired) electrons. The Hall–Kier alpha value is -1.79. The van der Waals surface area contributed by atoms with Crippen molar-refractivity contribution in [1.29, 1.82) is 0 Å². The Morgan fingerprint density at radius 3 is 2.58 bits per heavy atom. The van der Waals surface area contributed by atoms with Crippen LogP contribution in [0.25, 0.3) is 10.8 Å². The number of anilines is 1. The fourth-order valence-corrected chi connectivity index (χ4v) is 5.46. The van der Waals surface area contributed by atoms with E-state index in [0.717, 1.165) is 16.5 Å². The minimum Gasteiger partial charge on any atom is -0.365 e. The molecular formula is C17H19ClN2O3S. The SMILES string of the molecule is CN(CC(=O)N[C@@H]1CS(=O)(=O)C[C@@H]1Cl)c1ccc2ccccc2c1. The summed E-state index contributed by atoms with van der Waals surface area (Å²) in [7, 11) is -1.33. The van der Waals surface area contributed by atoms with Gasteiger partial charge in [0, 0.05) is 12.7 Å². The number of amides is 1. The van der Waals surface area contributed by atoms with Gasteiger partial charge in [0.05, 0.1) is 29.5 Å². The average molecular weight is 367 g/mol. The number of carbonyl (C=O) groups excluding carboxylic acids is 1. The van der Waals surface area contributed by atoms with Gasteiger partial charge in [0.1, 0.15) is 0 Å². The topological polar surface area (TPSA) is 66.5 Å². The first-order valence-electron chi connectivity index (χ1n) is 7.68. The highest BCUT2D eigenvalue weighted by Gasteiger charge is 2.37. The Kier molecular flexibility index (Phi) is 4.69. The fourth-order valence-electron chi connectivity index (χ4n) is 2.91. The number of nitrogens with one attached hydrogen (secondary N) is 1. The summed E-state index contributed by atoms with van der Waals surface area (Å²) in [6.07, 6.45) is 0. The predicted molar refractivity (Wildman–Crippen MR) is 97.4 cm³/mol. The number of alkyl halides is 1. The van der Waals surface area contributed by atoms with Crippen LogP contribution in [0.15, 0.2) is 42.5 Å². The largest absolute Gasteiger partial charge is 0.365 e. The van der Waals surface area contributed by atoms with Crippen molar-refractivity contribution < 1.29 is 13.2 Å². The van der Waals surface area contributed by atoms with Crippen molar-refractivity contribution in [3.05, 3.63) is 42.5 Å². The molecule has 5 nitrogen and oxygen atoms in total. The number of fused-ring (bicyclic) bond motifs is 1. The molecule has 0 saturated carbocycles. The molecule has 0 unspecified atom stereocenters. The van der Waals surface area contributed by atoms with Crippen LogP contribution in [0.1, 0.15) is 0 Å². The molecular weight excluding hydrogens is 348 g/mol. The molecule has 2 atom stereocenters. The first kappa shape index (κ1) is 17.0. The van der Waals surface area contributed by atoms with E-state index in [0.29, 0.717) is 0 Å². The second-order valence-corrected chi connectivity index (χ2v) is 8.87. The van der Waals surface area contributed by atoms with Gasteiger partial charge in [-0.05, 0) is 22.9 Å². The summed E-state index contributed by atoms with van der Waals surface area (Å²) in [6, 6.07) is 13.5. The fraction of sp³-hybridized carbons (Fsp3) is 0.353. The minimum absolute atomic E-state index is 0.0833. The molecule has 0 spiro atoms. The lowest BCUT2D eigenvalue weighted by atomic mass is 10.1. The molecule has 1 heterocycles. The molecule has 1 fully saturated rings. The Labute approximate surface area is 146 Å². The molecule has 1 saturated heterocycles. The summed E-state index contributed by atoms with van der Waals surface area (Å²) < 4.78 is 23.1. The van der Waals surface area contributed by atoms with Crippen molar-refractivity contribution in [3.63, 3.8) is 0 Å². The second-order valence-electron chi connectivity index (χ2n) is 6.15. The molecule has 2 aromatic carbocycles. The van der Waals surface area contributed by atoms with Crippen molar-refractivity contribution in [2.75, 3.05) is 30.0 Å². The lowest BCUT2D eigenvalue weighted by Gasteiger charge is -2.21. The molecule has 7 heteroatoms. The Morgan fingerprint density at radius 1 is 1.21 bits per heavy atom. The van der Waals surface area contributed by atoms with Crippen LogP contribution >= 0.6 is 11.6 Å². The number of likely N-dealkylation sites (N-methyl/N-ethyl adjacent to an activating group) is 1. The molecule has 3 rings (SSSR count). The zero-order valence-electron chi connectivity index (χ0n) is 13.3. The van der Waals surface area contributed by atoms with Crippen LogP contribution in [-0.4, -0.2) is 50.8 Å². The van der Waals surface area contributed by atoms with Crippen molar-refractivity contribution in [2.24, 2.45) is 0 Å². The van der Waals surface area contributed by atoms with E-state index in [1.807, 2.05) is 54.4 Å². The van der Waals surface area contributed by atoms with E-state index in [4.69, 9.17) is 11.6 Å². The Morgan fingerprint density at radius 2 is 1.92 bits per heavy atom. The molecule has 1 aliphatic heterocycles. The molecule has 2 aromatic rings. The zero-order chi connectivity index (χ0) is 17.3. The van der Waals surface area contributed by atoms with Gasteiger partial charge in [-0.2, -0.15) is 0 Å². The molecule has 0 aliphatic carbocycles. The standard InChI is InChI=1S/C17H19ClN2O3S/c1-20(14-7-6-12-4-2-3-5-13(12)8-14)9-17(21)19-16-11-24(22,23)10-15(16)18/h2-8,15-16H,9-11H2,1H3,(H,19,21)/t15-,16+/m0/s1. The van der Waals surface area contributed by atoms with E-state index in [1.165, 1.54) is 0 Å². The monoisotopic (exact) mass is 366 g/mol. The average Bonchev–Trinajstić information content (AvgIpc) is 2.78. The summed E-state index contributed by atoms with van der Waals surface area (Å²) in [5, 5.41) is 4.41. The van der Waals surface area contributed by atoms with Gasteiger partial charge in [0.15, 0.2) is 9.84 Å². The minimum atomic E-state index is -3.16. The number of halogens is 1. The third-order valence-electron chi connectivity index (χ3n) is 4.18. The van der Waals surface area contributed by atoms with E-state index in [2.05, 4.69) is 5.32 Å². The number of hydrogen-bond acceptors (Lipinski definition) is 4. The van der Waals surface area contributed by atoms with Crippen LogP contribution in [0.4, 0.5) is 5.69 Å².